The number of nitriles is 1. The maximum absolute atomic E-state index is 12.5. The molecule has 0 atom stereocenters. The van der Waals surface area contributed by atoms with E-state index in [1.807, 2.05) is 6.07 Å². The lowest BCUT2D eigenvalue weighted by molar-refractivity contribution is -0.140. The van der Waals surface area contributed by atoms with Gasteiger partial charge in [-0.15, -0.1) is 11.3 Å². The summed E-state index contributed by atoms with van der Waals surface area (Å²) < 4.78 is 37.6. The molecule has 2 rings (SSSR count). The highest BCUT2D eigenvalue weighted by molar-refractivity contribution is 7.15. The monoisotopic (exact) mass is 283 g/mol. The summed E-state index contributed by atoms with van der Waals surface area (Å²) in [5.74, 6) is 0. The minimum Gasteiger partial charge on any atom is -0.389 e. The highest BCUT2D eigenvalue weighted by Crippen LogP contribution is 2.36. The quantitative estimate of drug-likeness (QED) is 0.920. The van der Waals surface area contributed by atoms with E-state index < -0.39 is 11.9 Å². The zero-order valence-electron chi connectivity index (χ0n) is 9.53. The minimum absolute atomic E-state index is 0.261. The number of thiazole rings is 1. The minimum atomic E-state index is -4.52. The van der Waals surface area contributed by atoms with Crippen molar-refractivity contribution >= 4 is 16.3 Å². The molecule has 0 saturated carbocycles. The number of benzene rings is 1. The van der Waals surface area contributed by atoms with Gasteiger partial charge in [-0.3, -0.25) is 0 Å². The van der Waals surface area contributed by atoms with Gasteiger partial charge in [0.15, 0.2) is 5.69 Å². The van der Waals surface area contributed by atoms with Crippen LogP contribution in [-0.2, 0) is 12.6 Å². The van der Waals surface area contributed by atoms with Gasteiger partial charge in [0.1, 0.15) is 5.00 Å². The van der Waals surface area contributed by atoms with Crippen LogP contribution in [-0.4, -0.2) is 4.98 Å². The summed E-state index contributed by atoms with van der Waals surface area (Å²) in [5, 5.41) is 8.62. The van der Waals surface area contributed by atoms with Gasteiger partial charge in [-0.1, -0.05) is 12.1 Å². The molecule has 0 saturated heterocycles. The summed E-state index contributed by atoms with van der Waals surface area (Å²) in [6.45, 7) is 0. The van der Waals surface area contributed by atoms with Gasteiger partial charge in [-0.2, -0.15) is 18.4 Å². The molecule has 2 N–H and O–H groups in total. The highest BCUT2D eigenvalue weighted by atomic mass is 32.1. The Kier molecular flexibility index (Phi) is 3.44. The summed E-state index contributed by atoms with van der Waals surface area (Å²) in [6.07, 6.45) is -4.26. The number of anilines is 1. The lowest BCUT2D eigenvalue weighted by Crippen LogP contribution is -2.08. The molecule has 7 heteroatoms. The Morgan fingerprint density at radius 3 is 2.37 bits per heavy atom. The standard InChI is InChI=1S/C12H8F3N3S/c13-12(14,15)10-11(17)19-9(18-10)5-7-1-3-8(6-16)4-2-7/h1-4H,5,17H2. The van der Waals surface area contributed by atoms with Crippen LogP contribution in [0.1, 0.15) is 21.8 Å². The molecular formula is C12H8F3N3S. The van der Waals surface area contributed by atoms with Crippen molar-refractivity contribution in [2.24, 2.45) is 0 Å². The number of nitrogen functional groups attached to an aromatic ring is 1. The predicted molar refractivity (Wildman–Crippen MR) is 65.5 cm³/mol. The number of alkyl halides is 3. The molecule has 0 bridgehead atoms. The Hall–Kier alpha value is -2.07. The number of aromatic nitrogens is 1. The fourth-order valence-corrected chi connectivity index (χ4v) is 2.42. The molecule has 0 aliphatic rings. The first kappa shape index (κ1) is 13.4. The average Bonchev–Trinajstić information content (AvgIpc) is 2.71. The van der Waals surface area contributed by atoms with Crippen LogP contribution in [0.4, 0.5) is 18.2 Å². The first-order valence-corrected chi connectivity index (χ1v) is 6.03. The average molecular weight is 283 g/mol. The van der Waals surface area contributed by atoms with Crippen LogP contribution in [0.3, 0.4) is 0 Å². The Labute approximate surface area is 111 Å². The van der Waals surface area contributed by atoms with Crippen molar-refractivity contribution in [3.8, 4) is 6.07 Å². The third-order valence-electron chi connectivity index (χ3n) is 2.40. The number of hydrogen-bond acceptors (Lipinski definition) is 4. The van der Waals surface area contributed by atoms with Gasteiger partial charge >= 0.3 is 6.18 Å². The van der Waals surface area contributed by atoms with Gasteiger partial charge in [-0.25, -0.2) is 4.98 Å². The van der Waals surface area contributed by atoms with Crippen molar-refractivity contribution in [3.05, 3.63) is 46.1 Å². The van der Waals surface area contributed by atoms with Crippen LogP contribution in [0.5, 0.6) is 0 Å². The topological polar surface area (TPSA) is 62.7 Å². The maximum atomic E-state index is 12.5. The Morgan fingerprint density at radius 1 is 1.26 bits per heavy atom. The number of nitrogens with two attached hydrogens (primary N) is 1. The summed E-state index contributed by atoms with van der Waals surface area (Å²) in [4.78, 5) is 3.52. The molecule has 0 unspecified atom stereocenters. The molecule has 1 heterocycles. The summed E-state index contributed by atoms with van der Waals surface area (Å²) in [5.41, 5.74) is 5.57. The van der Waals surface area contributed by atoms with Crippen molar-refractivity contribution in [1.82, 2.24) is 4.98 Å². The Morgan fingerprint density at radius 2 is 1.89 bits per heavy atom. The Bertz CT molecular complexity index is 623. The van der Waals surface area contributed by atoms with E-state index in [1.54, 1.807) is 24.3 Å². The molecule has 19 heavy (non-hydrogen) atoms. The predicted octanol–water partition coefficient (Wildman–Crippen LogP) is 3.21. The third-order valence-corrected chi connectivity index (χ3v) is 3.29. The molecule has 0 amide bonds. The van der Waals surface area contributed by atoms with Crippen molar-refractivity contribution in [3.63, 3.8) is 0 Å². The first-order valence-electron chi connectivity index (χ1n) is 5.21. The lowest BCUT2D eigenvalue weighted by Gasteiger charge is -2.02. The number of hydrogen-bond donors (Lipinski definition) is 1. The van der Waals surface area contributed by atoms with Crippen LogP contribution in [0.2, 0.25) is 0 Å². The van der Waals surface area contributed by atoms with Crippen LogP contribution < -0.4 is 5.73 Å². The van der Waals surface area contributed by atoms with Crippen molar-refractivity contribution < 1.29 is 13.2 Å². The molecule has 0 spiro atoms. The summed E-state index contributed by atoms with van der Waals surface area (Å²) >= 11 is 0.828. The van der Waals surface area contributed by atoms with E-state index >= 15 is 0 Å². The van der Waals surface area contributed by atoms with E-state index in [-0.39, 0.29) is 11.4 Å². The highest BCUT2D eigenvalue weighted by Gasteiger charge is 2.36. The van der Waals surface area contributed by atoms with E-state index in [9.17, 15) is 13.2 Å². The first-order chi connectivity index (χ1) is 8.90. The van der Waals surface area contributed by atoms with Crippen molar-refractivity contribution in [1.29, 1.82) is 5.26 Å². The number of rotatable bonds is 2. The molecule has 1 aromatic carbocycles. The Balaban J connectivity index is 2.22. The lowest BCUT2D eigenvalue weighted by atomic mass is 10.1. The molecule has 0 aliphatic carbocycles. The second kappa shape index (κ2) is 4.90. The molecule has 3 nitrogen and oxygen atoms in total. The molecule has 98 valence electrons. The second-order valence-electron chi connectivity index (χ2n) is 3.80. The van der Waals surface area contributed by atoms with Crippen LogP contribution in [0, 0.1) is 11.3 Å². The van der Waals surface area contributed by atoms with Gasteiger partial charge in [0, 0.05) is 6.42 Å². The van der Waals surface area contributed by atoms with Gasteiger partial charge in [-0.05, 0) is 17.7 Å². The fourth-order valence-electron chi connectivity index (χ4n) is 1.53. The van der Waals surface area contributed by atoms with E-state index in [2.05, 4.69) is 4.98 Å². The normalized spacial score (nSPS) is 11.3. The van der Waals surface area contributed by atoms with Crippen LogP contribution in [0.15, 0.2) is 24.3 Å². The van der Waals surface area contributed by atoms with Gasteiger partial charge in [0.05, 0.1) is 16.6 Å². The van der Waals surface area contributed by atoms with Gasteiger partial charge in [0.25, 0.3) is 0 Å². The van der Waals surface area contributed by atoms with E-state index in [0.717, 1.165) is 16.9 Å². The second-order valence-corrected chi connectivity index (χ2v) is 4.92. The molecule has 0 aliphatic heterocycles. The van der Waals surface area contributed by atoms with Crippen molar-refractivity contribution in [2.75, 3.05) is 5.73 Å². The van der Waals surface area contributed by atoms with E-state index in [0.29, 0.717) is 10.6 Å². The summed E-state index contributed by atoms with van der Waals surface area (Å²) in [6, 6.07) is 8.55. The number of nitrogens with zero attached hydrogens (tertiary/aromatic N) is 2. The summed E-state index contributed by atoms with van der Waals surface area (Å²) in [7, 11) is 0. The van der Waals surface area contributed by atoms with Crippen LogP contribution in [0.25, 0.3) is 0 Å². The van der Waals surface area contributed by atoms with Crippen LogP contribution >= 0.6 is 11.3 Å². The number of halogens is 3. The van der Waals surface area contributed by atoms with Gasteiger partial charge in [0.2, 0.25) is 0 Å². The van der Waals surface area contributed by atoms with Gasteiger partial charge < -0.3 is 5.73 Å². The molecule has 2 aromatic rings. The smallest absolute Gasteiger partial charge is 0.389 e. The molecular weight excluding hydrogens is 275 g/mol. The molecule has 1 aromatic heterocycles. The zero-order valence-corrected chi connectivity index (χ0v) is 10.3. The maximum Gasteiger partial charge on any atom is 0.436 e. The largest absolute Gasteiger partial charge is 0.436 e. The SMILES string of the molecule is N#Cc1ccc(Cc2nc(C(F)(F)F)c(N)s2)cc1. The fraction of sp³-hybridized carbons (Fsp3) is 0.167. The van der Waals surface area contributed by atoms with E-state index in [1.165, 1.54) is 0 Å². The molecule has 0 radical (unpaired) electrons. The zero-order chi connectivity index (χ0) is 14.0. The van der Waals surface area contributed by atoms with Crippen molar-refractivity contribution in [2.45, 2.75) is 12.6 Å². The third kappa shape index (κ3) is 3.03. The van der Waals surface area contributed by atoms with E-state index in [4.69, 9.17) is 11.0 Å². The molecule has 0 fully saturated rings.